The summed E-state index contributed by atoms with van der Waals surface area (Å²) >= 11 is 1.19. The Morgan fingerprint density at radius 3 is 2.70 bits per heavy atom. The van der Waals surface area contributed by atoms with Crippen molar-refractivity contribution in [1.82, 2.24) is 9.88 Å². The van der Waals surface area contributed by atoms with Gasteiger partial charge in [-0.05, 0) is 39.1 Å². The number of hydrogen-bond acceptors (Lipinski definition) is 7. The summed E-state index contributed by atoms with van der Waals surface area (Å²) in [6.45, 7) is 5.51. The Labute approximate surface area is 121 Å². The number of hydrogen-bond donors (Lipinski definition) is 2. The third kappa shape index (κ3) is 4.86. The van der Waals surface area contributed by atoms with E-state index in [1.165, 1.54) is 11.9 Å². The predicted molar refractivity (Wildman–Crippen MR) is 72.3 cm³/mol. The predicted octanol–water partition coefficient (Wildman–Crippen LogP) is 1.68. The topological polar surface area (TPSA) is 102 Å². The van der Waals surface area contributed by atoms with Gasteiger partial charge in [0.1, 0.15) is 11.8 Å². The van der Waals surface area contributed by atoms with Crippen molar-refractivity contribution in [2.24, 2.45) is 0 Å². The van der Waals surface area contributed by atoms with Crippen molar-refractivity contribution in [2.75, 3.05) is 6.61 Å². The number of nitrogens with one attached hydrogen (secondary N) is 1. The molecule has 0 spiro atoms. The number of nitrogens with zero attached hydrogens (tertiary/aromatic N) is 1. The SMILES string of the molecule is CCOC(=O)C(CCC(=O)O)NSc1c(C)noc1C. The van der Waals surface area contributed by atoms with Crippen LogP contribution in [-0.2, 0) is 14.3 Å². The first-order valence-corrected chi connectivity index (χ1v) is 7.01. The number of carboxylic acid groups (broad SMARTS) is 1. The molecule has 0 aromatic carbocycles. The van der Waals surface area contributed by atoms with E-state index in [1.54, 1.807) is 20.8 Å². The Hall–Kier alpha value is -1.54. The summed E-state index contributed by atoms with van der Waals surface area (Å²) < 4.78 is 12.9. The van der Waals surface area contributed by atoms with E-state index < -0.39 is 18.0 Å². The summed E-state index contributed by atoms with van der Waals surface area (Å²) in [6, 6.07) is -0.690. The van der Waals surface area contributed by atoms with Crippen LogP contribution < -0.4 is 4.72 Å². The van der Waals surface area contributed by atoms with E-state index in [2.05, 4.69) is 9.88 Å². The number of carbonyl (C=O) groups is 2. The molecule has 0 saturated carbocycles. The average Bonchev–Trinajstić information content (AvgIpc) is 2.69. The van der Waals surface area contributed by atoms with Gasteiger partial charge in [-0.1, -0.05) is 5.16 Å². The number of carboxylic acids is 1. The fourth-order valence-electron chi connectivity index (χ4n) is 1.49. The molecule has 1 rings (SSSR count). The highest BCUT2D eigenvalue weighted by Gasteiger charge is 2.22. The quantitative estimate of drug-likeness (QED) is 0.552. The van der Waals surface area contributed by atoms with Crippen LogP contribution >= 0.6 is 11.9 Å². The van der Waals surface area contributed by atoms with Gasteiger partial charge in [-0.15, -0.1) is 0 Å². The van der Waals surface area contributed by atoms with Crippen LogP contribution in [-0.4, -0.2) is 34.9 Å². The number of esters is 1. The summed E-state index contributed by atoms with van der Waals surface area (Å²) in [6.07, 6.45) is 0.0448. The van der Waals surface area contributed by atoms with Gasteiger partial charge >= 0.3 is 11.9 Å². The maximum atomic E-state index is 11.8. The summed E-state index contributed by atoms with van der Waals surface area (Å²) in [5.74, 6) is -0.780. The second-order valence-corrected chi connectivity index (χ2v) is 4.96. The lowest BCUT2D eigenvalue weighted by Gasteiger charge is -2.15. The molecule has 1 unspecified atom stereocenters. The van der Waals surface area contributed by atoms with E-state index in [1.807, 2.05) is 0 Å². The number of rotatable bonds is 8. The van der Waals surface area contributed by atoms with Gasteiger partial charge in [-0.3, -0.25) is 9.59 Å². The van der Waals surface area contributed by atoms with Crippen molar-refractivity contribution in [3.63, 3.8) is 0 Å². The summed E-state index contributed by atoms with van der Waals surface area (Å²) in [5.41, 5.74) is 0.709. The van der Waals surface area contributed by atoms with Crippen LogP contribution in [0.5, 0.6) is 0 Å². The van der Waals surface area contributed by atoms with Crippen molar-refractivity contribution in [1.29, 1.82) is 0 Å². The van der Waals surface area contributed by atoms with Crippen molar-refractivity contribution in [3.8, 4) is 0 Å². The summed E-state index contributed by atoms with van der Waals surface area (Å²) in [4.78, 5) is 23.2. The molecule has 0 radical (unpaired) electrons. The number of aryl methyl sites for hydroxylation is 2. The number of carbonyl (C=O) groups excluding carboxylic acids is 1. The van der Waals surface area contributed by atoms with Gasteiger partial charge in [0.15, 0.2) is 0 Å². The molecule has 0 amide bonds. The zero-order chi connectivity index (χ0) is 15.1. The maximum absolute atomic E-state index is 11.8. The Morgan fingerprint density at radius 1 is 1.50 bits per heavy atom. The second-order valence-electron chi connectivity index (χ2n) is 4.11. The van der Waals surface area contributed by atoms with Crippen molar-refractivity contribution in [3.05, 3.63) is 11.5 Å². The van der Waals surface area contributed by atoms with Crippen LogP contribution in [0.4, 0.5) is 0 Å². The van der Waals surface area contributed by atoms with E-state index in [0.717, 1.165) is 4.90 Å². The standard InChI is InChI=1S/C12H18N2O5S/c1-4-18-12(17)9(5-6-10(15)16)14-20-11-7(2)13-19-8(11)3/h9,14H,4-6H2,1-3H3,(H,15,16). The molecule has 1 heterocycles. The molecule has 7 nitrogen and oxygen atoms in total. The van der Waals surface area contributed by atoms with Gasteiger partial charge in [0.2, 0.25) is 0 Å². The molecule has 20 heavy (non-hydrogen) atoms. The first kappa shape index (κ1) is 16.5. The highest BCUT2D eigenvalue weighted by molar-refractivity contribution is 7.97. The molecule has 0 fully saturated rings. The third-order valence-electron chi connectivity index (χ3n) is 2.49. The van der Waals surface area contributed by atoms with Crippen LogP contribution in [0.3, 0.4) is 0 Å². The van der Waals surface area contributed by atoms with E-state index >= 15 is 0 Å². The van der Waals surface area contributed by atoms with Gasteiger partial charge in [-0.2, -0.15) is 0 Å². The molecule has 8 heteroatoms. The molecule has 1 aromatic rings. The minimum atomic E-state index is -0.955. The zero-order valence-electron chi connectivity index (χ0n) is 11.6. The minimum absolute atomic E-state index is 0.112. The second kappa shape index (κ2) is 7.91. The van der Waals surface area contributed by atoms with Gasteiger partial charge in [0, 0.05) is 6.42 Å². The smallest absolute Gasteiger partial charge is 0.324 e. The van der Waals surface area contributed by atoms with Crippen LogP contribution in [0, 0.1) is 13.8 Å². The van der Waals surface area contributed by atoms with Crippen molar-refractivity contribution < 1.29 is 24.0 Å². The lowest BCUT2D eigenvalue weighted by Crippen LogP contribution is -2.34. The van der Waals surface area contributed by atoms with Crippen LogP contribution in [0.2, 0.25) is 0 Å². The lowest BCUT2D eigenvalue weighted by atomic mass is 10.2. The maximum Gasteiger partial charge on any atom is 0.324 e. The number of aliphatic carboxylic acids is 1. The van der Waals surface area contributed by atoms with Crippen LogP contribution in [0.25, 0.3) is 0 Å². The van der Waals surface area contributed by atoms with Gasteiger partial charge in [-0.25, -0.2) is 4.72 Å². The molecule has 0 aliphatic carbocycles. The highest BCUT2D eigenvalue weighted by Crippen LogP contribution is 2.24. The van der Waals surface area contributed by atoms with Gasteiger partial charge in [0.05, 0.1) is 17.2 Å². The molecule has 0 aliphatic heterocycles. The molecular weight excluding hydrogens is 284 g/mol. The molecule has 1 aromatic heterocycles. The van der Waals surface area contributed by atoms with Crippen LogP contribution in [0.1, 0.15) is 31.2 Å². The largest absolute Gasteiger partial charge is 0.481 e. The van der Waals surface area contributed by atoms with Gasteiger partial charge < -0.3 is 14.4 Å². The first-order valence-electron chi connectivity index (χ1n) is 6.19. The average molecular weight is 302 g/mol. The Morgan fingerprint density at radius 2 is 2.20 bits per heavy atom. The van der Waals surface area contributed by atoms with Crippen LogP contribution in [0.15, 0.2) is 9.42 Å². The summed E-state index contributed by atoms with van der Waals surface area (Å²) in [7, 11) is 0. The normalized spacial score (nSPS) is 12.2. The third-order valence-corrected chi connectivity index (χ3v) is 3.68. The lowest BCUT2D eigenvalue weighted by molar-refractivity contribution is -0.145. The number of aromatic nitrogens is 1. The van der Waals surface area contributed by atoms with E-state index in [9.17, 15) is 9.59 Å². The van der Waals surface area contributed by atoms with E-state index in [0.29, 0.717) is 11.5 Å². The first-order chi connectivity index (χ1) is 9.45. The van der Waals surface area contributed by atoms with Crippen molar-refractivity contribution >= 4 is 23.9 Å². The van der Waals surface area contributed by atoms with E-state index in [-0.39, 0.29) is 19.4 Å². The van der Waals surface area contributed by atoms with Crippen molar-refractivity contribution in [2.45, 2.75) is 44.6 Å². The highest BCUT2D eigenvalue weighted by atomic mass is 32.2. The molecular formula is C12H18N2O5S. The van der Waals surface area contributed by atoms with E-state index in [4.69, 9.17) is 14.4 Å². The fraction of sp³-hybridized carbons (Fsp3) is 0.583. The summed E-state index contributed by atoms with van der Waals surface area (Å²) in [5, 5.41) is 12.5. The zero-order valence-corrected chi connectivity index (χ0v) is 12.5. The Bertz CT molecular complexity index is 455. The molecule has 2 N–H and O–H groups in total. The minimum Gasteiger partial charge on any atom is -0.481 e. The monoisotopic (exact) mass is 302 g/mol. The van der Waals surface area contributed by atoms with Gasteiger partial charge in [0.25, 0.3) is 0 Å². The number of ether oxygens (including phenoxy) is 1. The fourth-order valence-corrected chi connectivity index (χ4v) is 2.33. The Kier molecular flexibility index (Phi) is 6.53. The molecule has 112 valence electrons. The molecule has 0 saturated heterocycles. The molecule has 0 aliphatic rings. The molecule has 0 bridgehead atoms. The molecule has 1 atom stereocenters. The Balaban J connectivity index is 2.64.